The van der Waals surface area contributed by atoms with Crippen LogP contribution in [0, 0.1) is 18.3 Å². The molecule has 0 aliphatic heterocycles. The summed E-state index contributed by atoms with van der Waals surface area (Å²) in [7, 11) is 0. The minimum atomic E-state index is -0.730. The molecule has 0 fully saturated rings. The lowest BCUT2D eigenvalue weighted by atomic mass is 10.0. The molecule has 4 aromatic rings. The molecule has 2 heterocycles. The second-order valence-corrected chi connectivity index (χ2v) is 7.95. The van der Waals surface area contributed by atoms with E-state index >= 15 is 0 Å². The van der Waals surface area contributed by atoms with E-state index in [1.165, 1.54) is 0 Å². The molecule has 0 spiro atoms. The van der Waals surface area contributed by atoms with Gasteiger partial charge in [-0.05, 0) is 43.7 Å². The Labute approximate surface area is 202 Å². The third-order valence-corrected chi connectivity index (χ3v) is 5.60. The van der Waals surface area contributed by atoms with Gasteiger partial charge in [0.15, 0.2) is 0 Å². The maximum absolute atomic E-state index is 12.4. The topological polar surface area (TPSA) is 126 Å². The predicted molar refractivity (Wildman–Crippen MR) is 132 cm³/mol. The Morgan fingerprint density at radius 2 is 1.83 bits per heavy atom. The highest BCUT2D eigenvalue weighted by Gasteiger charge is 2.25. The number of carbonyl (C=O) groups is 2. The average molecular weight is 468 g/mol. The number of amides is 2. The Morgan fingerprint density at radius 3 is 2.57 bits per heavy atom. The molecular formula is C26H25N7O2. The fraction of sp³-hybridized carbons (Fsp3) is 0.231. The Kier molecular flexibility index (Phi) is 7.12. The summed E-state index contributed by atoms with van der Waals surface area (Å²) >= 11 is 0. The van der Waals surface area contributed by atoms with Crippen LogP contribution in [0.3, 0.4) is 0 Å². The number of benzene rings is 2. The van der Waals surface area contributed by atoms with E-state index in [0.717, 1.165) is 16.6 Å². The number of imidazole rings is 1. The van der Waals surface area contributed by atoms with Crippen molar-refractivity contribution in [1.82, 2.24) is 24.8 Å². The normalized spacial score (nSPS) is 11.6. The number of carbonyl (C=O) groups excluding carboxylic acids is 2. The first kappa shape index (κ1) is 23.6. The summed E-state index contributed by atoms with van der Waals surface area (Å²) in [5.41, 5.74) is 3.49. The lowest BCUT2D eigenvalue weighted by Gasteiger charge is -2.14. The van der Waals surface area contributed by atoms with E-state index in [1.807, 2.05) is 48.7 Å². The largest absolute Gasteiger partial charge is 0.352 e. The van der Waals surface area contributed by atoms with Crippen molar-refractivity contribution in [2.45, 2.75) is 32.7 Å². The second-order valence-electron chi connectivity index (χ2n) is 7.95. The molecule has 0 bridgehead atoms. The van der Waals surface area contributed by atoms with Crippen LogP contribution in [0.2, 0.25) is 0 Å². The molecule has 0 saturated carbocycles. The number of anilines is 1. The molecule has 1 unspecified atom stereocenters. The van der Waals surface area contributed by atoms with Crippen molar-refractivity contribution in [2.75, 3.05) is 11.9 Å². The molecule has 2 amide bonds. The van der Waals surface area contributed by atoms with Gasteiger partial charge >= 0.3 is 0 Å². The van der Waals surface area contributed by atoms with E-state index in [1.54, 1.807) is 30.5 Å². The number of hydrogen-bond donors (Lipinski definition) is 2. The van der Waals surface area contributed by atoms with Gasteiger partial charge in [0, 0.05) is 31.3 Å². The van der Waals surface area contributed by atoms with Crippen molar-refractivity contribution in [3.05, 3.63) is 83.4 Å². The summed E-state index contributed by atoms with van der Waals surface area (Å²) in [4.78, 5) is 37.9. The van der Waals surface area contributed by atoms with Gasteiger partial charge in [-0.3, -0.25) is 14.9 Å². The van der Waals surface area contributed by atoms with Gasteiger partial charge in [-0.2, -0.15) is 5.26 Å². The predicted octanol–water partition coefficient (Wildman–Crippen LogP) is 3.57. The van der Waals surface area contributed by atoms with Crippen LogP contribution in [0.4, 0.5) is 5.95 Å². The van der Waals surface area contributed by atoms with Crippen LogP contribution in [-0.4, -0.2) is 37.9 Å². The number of aryl methyl sites for hydroxylation is 2. The maximum atomic E-state index is 12.4. The first-order valence-corrected chi connectivity index (χ1v) is 11.3. The molecule has 2 N–H and O–H groups in total. The molecule has 2 aromatic heterocycles. The summed E-state index contributed by atoms with van der Waals surface area (Å²) in [6.07, 6.45) is 1.64. The van der Waals surface area contributed by atoms with E-state index in [4.69, 9.17) is 4.98 Å². The number of hydrogen-bond acceptors (Lipinski definition) is 6. The van der Waals surface area contributed by atoms with Crippen molar-refractivity contribution in [3.8, 4) is 6.07 Å². The van der Waals surface area contributed by atoms with Crippen molar-refractivity contribution >= 4 is 28.8 Å². The molecule has 0 radical (unpaired) electrons. The van der Waals surface area contributed by atoms with E-state index in [2.05, 4.69) is 26.7 Å². The summed E-state index contributed by atoms with van der Waals surface area (Å²) in [5, 5.41) is 15.4. The Bertz CT molecular complexity index is 1410. The van der Waals surface area contributed by atoms with Gasteiger partial charge in [0.05, 0.1) is 22.8 Å². The Balaban J connectivity index is 1.48. The Hall–Kier alpha value is -4.58. The molecule has 1 atom stereocenters. The van der Waals surface area contributed by atoms with Gasteiger partial charge in [0.2, 0.25) is 11.9 Å². The molecule has 9 nitrogen and oxygen atoms in total. The highest BCUT2D eigenvalue weighted by Crippen LogP contribution is 2.28. The molecule has 4 rings (SSSR count). The molecular weight excluding hydrogens is 442 g/mol. The lowest BCUT2D eigenvalue weighted by molar-refractivity contribution is -0.116. The third-order valence-electron chi connectivity index (χ3n) is 5.60. The Morgan fingerprint density at radius 1 is 1.09 bits per heavy atom. The molecule has 2 aromatic carbocycles. The fourth-order valence-electron chi connectivity index (χ4n) is 3.86. The number of fused-ring (bicyclic) bond motifs is 1. The summed E-state index contributed by atoms with van der Waals surface area (Å²) in [5.74, 6) is -0.625. The fourth-order valence-corrected chi connectivity index (χ4v) is 3.86. The molecule has 0 aliphatic rings. The molecule has 9 heteroatoms. The van der Waals surface area contributed by atoms with Gasteiger partial charge < -0.3 is 9.88 Å². The van der Waals surface area contributed by atoms with Crippen molar-refractivity contribution in [3.63, 3.8) is 0 Å². The van der Waals surface area contributed by atoms with Gasteiger partial charge in [-0.1, -0.05) is 30.3 Å². The second kappa shape index (κ2) is 10.6. The van der Waals surface area contributed by atoms with Crippen LogP contribution in [0.1, 0.15) is 46.7 Å². The smallest absolute Gasteiger partial charge is 0.251 e. The third kappa shape index (κ3) is 5.17. The first-order valence-electron chi connectivity index (χ1n) is 11.3. The number of nitriles is 1. The van der Waals surface area contributed by atoms with Gasteiger partial charge in [-0.25, -0.2) is 15.0 Å². The summed E-state index contributed by atoms with van der Waals surface area (Å²) < 4.78 is 2.00. The van der Waals surface area contributed by atoms with E-state index in [-0.39, 0.29) is 30.7 Å². The van der Waals surface area contributed by atoms with Crippen molar-refractivity contribution in [2.24, 2.45) is 0 Å². The molecule has 176 valence electrons. The zero-order chi connectivity index (χ0) is 24.8. The number of rotatable bonds is 8. The molecule has 35 heavy (non-hydrogen) atoms. The van der Waals surface area contributed by atoms with Gasteiger partial charge in [0.1, 0.15) is 11.7 Å². The van der Waals surface area contributed by atoms with Gasteiger partial charge in [-0.15, -0.1) is 0 Å². The zero-order valence-electron chi connectivity index (χ0n) is 19.5. The van der Waals surface area contributed by atoms with Crippen molar-refractivity contribution in [1.29, 1.82) is 5.26 Å². The quantitative estimate of drug-likeness (QED) is 0.408. The highest BCUT2D eigenvalue weighted by molar-refractivity contribution is 5.95. The first-order chi connectivity index (χ1) is 17.0. The summed E-state index contributed by atoms with van der Waals surface area (Å²) in [6.45, 7) is 4.64. The van der Waals surface area contributed by atoms with E-state index in [9.17, 15) is 14.9 Å². The lowest BCUT2D eigenvalue weighted by Crippen LogP contribution is -2.28. The van der Waals surface area contributed by atoms with Gasteiger partial charge in [0.25, 0.3) is 5.91 Å². The highest BCUT2D eigenvalue weighted by atomic mass is 16.2. The van der Waals surface area contributed by atoms with Crippen LogP contribution in [-0.2, 0) is 11.3 Å². The standard InChI is InChI=1S/C26H25N7O2/c1-3-33-21-12-8-7-11-20(21)30-24(33)19(15-27)23-17(2)16-29-26(32-23)31-22(34)13-14-28-25(35)18-9-5-4-6-10-18/h4-12,16,19H,3,13-14H2,1-2H3,(H,28,35)(H,29,31,32,34). The average Bonchev–Trinajstić information content (AvgIpc) is 3.25. The van der Waals surface area contributed by atoms with Crippen LogP contribution < -0.4 is 10.6 Å². The summed E-state index contributed by atoms with van der Waals surface area (Å²) in [6, 6.07) is 18.8. The van der Waals surface area contributed by atoms with E-state index < -0.39 is 5.92 Å². The zero-order valence-corrected chi connectivity index (χ0v) is 19.5. The maximum Gasteiger partial charge on any atom is 0.251 e. The van der Waals surface area contributed by atoms with Crippen LogP contribution in [0.25, 0.3) is 11.0 Å². The van der Waals surface area contributed by atoms with Crippen LogP contribution in [0.5, 0.6) is 0 Å². The number of nitrogens with one attached hydrogen (secondary N) is 2. The number of aromatic nitrogens is 4. The van der Waals surface area contributed by atoms with E-state index in [0.29, 0.717) is 23.6 Å². The number of para-hydroxylation sites is 2. The monoisotopic (exact) mass is 467 g/mol. The van der Waals surface area contributed by atoms with Crippen LogP contribution in [0.15, 0.2) is 60.8 Å². The SMILES string of the molecule is CCn1c(C(C#N)c2nc(NC(=O)CCNC(=O)c3ccccc3)ncc2C)nc2ccccc21. The minimum absolute atomic E-state index is 0.0540. The minimum Gasteiger partial charge on any atom is -0.352 e. The number of nitrogens with zero attached hydrogens (tertiary/aromatic N) is 5. The van der Waals surface area contributed by atoms with Crippen LogP contribution >= 0.6 is 0 Å². The van der Waals surface area contributed by atoms with Crippen molar-refractivity contribution < 1.29 is 9.59 Å². The molecule has 0 saturated heterocycles. The molecule has 0 aliphatic carbocycles.